The van der Waals surface area contributed by atoms with Crippen LogP contribution in [-0.4, -0.2) is 6.54 Å². The molecule has 0 aliphatic rings. The van der Waals surface area contributed by atoms with Gasteiger partial charge in [0.25, 0.3) is 0 Å². The minimum Gasteiger partial charge on any atom is -0.468 e. The van der Waals surface area contributed by atoms with Crippen LogP contribution in [-0.2, 0) is 12.3 Å². The Kier molecular flexibility index (Phi) is 4.84. The fraction of sp³-hybridized carbons (Fsp3) is 0.286. The molecule has 0 saturated carbocycles. The van der Waals surface area contributed by atoms with Crippen LogP contribution in [0.4, 0.5) is 4.39 Å². The maximum absolute atomic E-state index is 13.8. The first-order valence-corrected chi connectivity index (χ1v) is 6.93. The predicted molar refractivity (Wildman–Crippen MR) is 72.0 cm³/mol. The van der Waals surface area contributed by atoms with Gasteiger partial charge >= 0.3 is 0 Å². The van der Waals surface area contributed by atoms with Crippen LogP contribution in [0.1, 0.15) is 18.2 Å². The molecule has 0 fully saturated rings. The molecule has 18 heavy (non-hydrogen) atoms. The van der Waals surface area contributed by atoms with Crippen molar-refractivity contribution in [3.05, 3.63) is 53.7 Å². The van der Waals surface area contributed by atoms with Gasteiger partial charge in [0.05, 0.1) is 12.0 Å². The van der Waals surface area contributed by atoms with Gasteiger partial charge in [-0.25, -0.2) is 4.39 Å². The number of nitrogens with one attached hydrogen (secondary N) is 1. The van der Waals surface area contributed by atoms with Crippen LogP contribution in [0.25, 0.3) is 0 Å². The highest BCUT2D eigenvalue weighted by atomic mass is 32.2. The summed E-state index contributed by atoms with van der Waals surface area (Å²) < 4.78 is 19.0. The van der Waals surface area contributed by atoms with Crippen molar-refractivity contribution in [3.8, 4) is 0 Å². The molecule has 1 aromatic heterocycles. The van der Waals surface area contributed by atoms with E-state index in [9.17, 15) is 4.39 Å². The molecule has 0 aliphatic carbocycles. The summed E-state index contributed by atoms with van der Waals surface area (Å²) in [5.41, 5.74) is 0.732. The molecule has 0 aliphatic heterocycles. The molecule has 0 unspecified atom stereocenters. The lowest BCUT2D eigenvalue weighted by Crippen LogP contribution is -2.13. The largest absolute Gasteiger partial charge is 0.468 e. The van der Waals surface area contributed by atoms with Crippen molar-refractivity contribution in [3.63, 3.8) is 0 Å². The number of furan rings is 1. The Morgan fingerprint density at radius 1 is 1.28 bits per heavy atom. The first-order valence-electron chi connectivity index (χ1n) is 5.94. The molecule has 0 saturated heterocycles. The molecular formula is C14H16FNOS. The standard InChI is InChI=1S/C14H16FNOS/c1-2-16-9-12-13(15)6-3-7-14(12)18-10-11-5-4-8-17-11/h3-8,16H,2,9-10H2,1H3. The number of hydrogen-bond acceptors (Lipinski definition) is 3. The summed E-state index contributed by atoms with van der Waals surface area (Å²) >= 11 is 1.60. The second-order valence-corrected chi connectivity index (χ2v) is 4.88. The zero-order valence-electron chi connectivity index (χ0n) is 10.3. The third-order valence-electron chi connectivity index (χ3n) is 2.58. The second-order valence-electron chi connectivity index (χ2n) is 3.86. The zero-order valence-corrected chi connectivity index (χ0v) is 11.1. The van der Waals surface area contributed by atoms with Crippen LogP contribution >= 0.6 is 11.8 Å². The molecule has 0 atom stereocenters. The normalized spacial score (nSPS) is 10.8. The van der Waals surface area contributed by atoms with E-state index in [0.29, 0.717) is 6.54 Å². The van der Waals surface area contributed by atoms with E-state index in [0.717, 1.165) is 28.5 Å². The molecular weight excluding hydrogens is 249 g/mol. The molecule has 2 rings (SSSR count). The van der Waals surface area contributed by atoms with Crippen molar-refractivity contribution in [2.24, 2.45) is 0 Å². The van der Waals surface area contributed by atoms with E-state index < -0.39 is 0 Å². The third kappa shape index (κ3) is 3.37. The molecule has 1 N–H and O–H groups in total. The van der Waals surface area contributed by atoms with E-state index in [1.54, 1.807) is 24.1 Å². The Hall–Kier alpha value is -1.26. The fourth-order valence-corrected chi connectivity index (χ4v) is 2.62. The lowest BCUT2D eigenvalue weighted by molar-refractivity contribution is 0.530. The average Bonchev–Trinajstić information content (AvgIpc) is 2.88. The maximum atomic E-state index is 13.8. The Balaban J connectivity index is 2.08. The fourth-order valence-electron chi connectivity index (χ4n) is 1.64. The summed E-state index contributed by atoms with van der Waals surface area (Å²) in [6.45, 7) is 3.40. The summed E-state index contributed by atoms with van der Waals surface area (Å²) in [7, 11) is 0. The Labute approximate surface area is 111 Å². The number of rotatable bonds is 6. The van der Waals surface area contributed by atoms with E-state index in [-0.39, 0.29) is 5.82 Å². The minimum absolute atomic E-state index is 0.152. The van der Waals surface area contributed by atoms with Crippen LogP contribution in [0.5, 0.6) is 0 Å². The number of benzene rings is 1. The average molecular weight is 265 g/mol. The monoisotopic (exact) mass is 265 g/mol. The van der Waals surface area contributed by atoms with Gasteiger partial charge in [0.1, 0.15) is 11.6 Å². The highest BCUT2D eigenvalue weighted by Gasteiger charge is 2.09. The van der Waals surface area contributed by atoms with Crippen molar-refractivity contribution in [2.75, 3.05) is 6.54 Å². The summed E-state index contributed by atoms with van der Waals surface area (Å²) in [5.74, 6) is 1.47. The Bertz CT molecular complexity index is 485. The van der Waals surface area contributed by atoms with Gasteiger partial charge in [0.15, 0.2) is 0 Å². The highest BCUT2D eigenvalue weighted by molar-refractivity contribution is 7.98. The van der Waals surface area contributed by atoms with Crippen LogP contribution in [0, 0.1) is 5.82 Å². The van der Waals surface area contributed by atoms with Crippen molar-refractivity contribution in [1.29, 1.82) is 0 Å². The predicted octanol–water partition coefficient (Wildman–Crippen LogP) is 3.82. The summed E-state index contributed by atoms with van der Waals surface area (Å²) in [6.07, 6.45) is 1.65. The van der Waals surface area contributed by atoms with Crippen LogP contribution in [0.3, 0.4) is 0 Å². The van der Waals surface area contributed by atoms with Crippen molar-refractivity contribution in [1.82, 2.24) is 5.32 Å². The Morgan fingerprint density at radius 3 is 2.89 bits per heavy atom. The lowest BCUT2D eigenvalue weighted by Gasteiger charge is -2.10. The smallest absolute Gasteiger partial charge is 0.128 e. The van der Waals surface area contributed by atoms with Gasteiger partial charge in [-0.05, 0) is 30.8 Å². The van der Waals surface area contributed by atoms with Crippen molar-refractivity contribution in [2.45, 2.75) is 24.1 Å². The van der Waals surface area contributed by atoms with Crippen molar-refractivity contribution >= 4 is 11.8 Å². The second kappa shape index (κ2) is 6.61. The van der Waals surface area contributed by atoms with E-state index in [1.807, 2.05) is 25.1 Å². The Morgan fingerprint density at radius 2 is 2.17 bits per heavy atom. The summed E-state index contributed by atoms with van der Waals surface area (Å²) in [6, 6.07) is 8.99. The molecule has 0 amide bonds. The van der Waals surface area contributed by atoms with Gasteiger partial charge in [-0.15, -0.1) is 11.8 Å². The van der Waals surface area contributed by atoms with Crippen molar-refractivity contribution < 1.29 is 8.81 Å². The molecule has 2 aromatic rings. The first-order chi connectivity index (χ1) is 8.81. The minimum atomic E-state index is -0.152. The lowest BCUT2D eigenvalue weighted by atomic mass is 10.2. The summed E-state index contributed by atoms with van der Waals surface area (Å²) in [4.78, 5) is 0.965. The van der Waals surface area contributed by atoms with Crippen LogP contribution in [0.2, 0.25) is 0 Å². The van der Waals surface area contributed by atoms with Gasteiger partial charge in [-0.1, -0.05) is 13.0 Å². The number of thioether (sulfide) groups is 1. The van der Waals surface area contributed by atoms with Gasteiger partial charge in [-0.3, -0.25) is 0 Å². The third-order valence-corrected chi connectivity index (χ3v) is 3.70. The molecule has 4 heteroatoms. The molecule has 1 aromatic carbocycles. The van der Waals surface area contributed by atoms with Crippen LogP contribution in [0.15, 0.2) is 45.9 Å². The van der Waals surface area contributed by atoms with E-state index >= 15 is 0 Å². The molecule has 1 heterocycles. The molecule has 0 radical (unpaired) electrons. The molecule has 0 spiro atoms. The van der Waals surface area contributed by atoms with E-state index in [2.05, 4.69) is 5.32 Å². The zero-order chi connectivity index (χ0) is 12.8. The topological polar surface area (TPSA) is 25.2 Å². The van der Waals surface area contributed by atoms with Gasteiger partial charge in [-0.2, -0.15) is 0 Å². The molecule has 96 valence electrons. The maximum Gasteiger partial charge on any atom is 0.128 e. The SMILES string of the molecule is CCNCc1c(F)cccc1SCc1ccco1. The first kappa shape index (κ1) is 13.2. The number of halogens is 1. The van der Waals surface area contributed by atoms with E-state index in [4.69, 9.17) is 4.42 Å². The summed E-state index contributed by atoms with van der Waals surface area (Å²) in [5, 5.41) is 3.16. The van der Waals surface area contributed by atoms with Gasteiger partial charge < -0.3 is 9.73 Å². The van der Waals surface area contributed by atoms with Crippen LogP contribution < -0.4 is 5.32 Å². The van der Waals surface area contributed by atoms with Gasteiger partial charge in [0, 0.05) is 17.0 Å². The molecule has 0 bridgehead atoms. The molecule has 2 nitrogen and oxygen atoms in total. The highest BCUT2D eigenvalue weighted by Crippen LogP contribution is 2.28. The number of hydrogen-bond donors (Lipinski definition) is 1. The van der Waals surface area contributed by atoms with Gasteiger partial charge in [0.2, 0.25) is 0 Å². The quantitative estimate of drug-likeness (QED) is 0.804. The van der Waals surface area contributed by atoms with E-state index in [1.165, 1.54) is 6.07 Å².